The summed E-state index contributed by atoms with van der Waals surface area (Å²) in [7, 11) is -5.84. The third kappa shape index (κ3) is 5.66. The molecular weight excluding hydrogens is 489 g/mol. The molecule has 0 spiro atoms. The van der Waals surface area contributed by atoms with E-state index in [1.54, 1.807) is 0 Å². The summed E-state index contributed by atoms with van der Waals surface area (Å²) in [4.78, 5) is 11.8. The zero-order chi connectivity index (χ0) is 25.9. The van der Waals surface area contributed by atoms with Gasteiger partial charge in [0.1, 0.15) is 5.94 Å². The quantitative estimate of drug-likeness (QED) is 0.162. The van der Waals surface area contributed by atoms with E-state index >= 15 is 0 Å². The summed E-state index contributed by atoms with van der Waals surface area (Å²) in [6.07, 6.45) is 11.0. The summed E-state index contributed by atoms with van der Waals surface area (Å²) >= 11 is 0. The van der Waals surface area contributed by atoms with Crippen molar-refractivity contribution in [2.75, 3.05) is 0 Å². The van der Waals surface area contributed by atoms with E-state index in [2.05, 4.69) is 54.5 Å². The van der Waals surface area contributed by atoms with Gasteiger partial charge in [-0.1, -0.05) is 62.1 Å². The fraction of sp³-hybridized carbons (Fsp3) is 0.429. The molecule has 2 aliphatic rings. The van der Waals surface area contributed by atoms with Crippen LogP contribution < -0.4 is 0 Å². The molecule has 2 saturated carbocycles. The number of hydrogen-bond acceptors (Lipinski definition) is 3. The molecule has 1 atom stereocenters. The molecule has 2 fully saturated rings. The number of halogens is 3. The second-order valence-electron chi connectivity index (χ2n) is 9.67. The number of allylic oxidation sites excluding steroid dienone is 1. The van der Waals surface area contributed by atoms with Crippen LogP contribution in [-0.4, -0.2) is 24.4 Å². The van der Waals surface area contributed by atoms with Crippen molar-refractivity contribution < 1.29 is 30.9 Å². The average Bonchev–Trinajstić information content (AvgIpc) is 2.86. The molecule has 192 valence electrons. The lowest BCUT2D eigenvalue weighted by atomic mass is 9.72. The summed E-state index contributed by atoms with van der Waals surface area (Å²) in [5.41, 5.74) is -1.56. The van der Waals surface area contributed by atoms with Gasteiger partial charge >= 0.3 is 15.6 Å². The van der Waals surface area contributed by atoms with E-state index in [4.69, 9.17) is 13.0 Å². The Morgan fingerprint density at radius 2 is 1.44 bits per heavy atom. The van der Waals surface area contributed by atoms with Gasteiger partial charge in [-0.15, -0.1) is 0 Å². The third-order valence-corrected chi connectivity index (χ3v) is 7.97. The second kappa shape index (κ2) is 10.8. The molecule has 3 aromatic rings. The number of benzene rings is 3. The summed E-state index contributed by atoms with van der Waals surface area (Å²) in [6, 6.07) is 18.1. The molecule has 3 aromatic carbocycles. The van der Waals surface area contributed by atoms with Gasteiger partial charge in [0.05, 0.1) is 0 Å². The first-order valence-corrected chi connectivity index (χ1v) is 13.8. The van der Waals surface area contributed by atoms with Crippen LogP contribution in [0.3, 0.4) is 0 Å². The van der Waals surface area contributed by atoms with Gasteiger partial charge in [-0.3, -0.25) is 4.55 Å². The predicted octanol–water partition coefficient (Wildman–Crippen LogP) is 7.85. The van der Waals surface area contributed by atoms with Crippen LogP contribution in [0, 0.1) is 0 Å². The Kier molecular flexibility index (Phi) is 7.88. The van der Waals surface area contributed by atoms with Crippen molar-refractivity contribution in [2.45, 2.75) is 75.1 Å². The molecule has 4 nitrogen and oxygen atoms in total. The van der Waals surface area contributed by atoms with Crippen molar-refractivity contribution >= 4 is 37.6 Å². The third-order valence-electron chi connectivity index (χ3n) is 7.39. The minimum absolute atomic E-state index is 0.257. The standard InChI is InChI=1S/C27H28O.CHF3O3S/c28-18-23-12-6-7-13-24(23)27-25(19-8-2-1-3-9-19)15-14-22-16-20-10-4-5-11-21(20)17-26(22)27;2-1(3,4)8(5,6)7/h4-5,10-11,14-17,19,24H,1-3,6-9,12-13H2;(H,5,6,7). The monoisotopic (exact) mass is 518 g/mol. The summed E-state index contributed by atoms with van der Waals surface area (Å²) in [5, 5.41) is 5.26. The van der Waals surface area contributed by atoms with Crippen LogP contribution in [0.5, 0.6) is 0 Å². The number of alkyl halides is 3. The van der Waals surface area contributed by atoms with Crippen molar-refractivity contribution in [1.82, 2.24) is 0 Å². The van der Waals surface area contributed by atoms with Gasteiger partial charge in [0.25, 0.3) is 0 Å². The Bertz CT molecular complexity index is 1400. The Balaban J connectivity index is 0.000000331. The molecule has 2 aliphatic carbocycles. The van der Waals surface area contributed by atoms with Gasteiger partial charge in [-0.05, 0) is 82.8 Å². The molecule has 0 aromatic heterocycles. The van der Waals surface area contributed by atoms with E-state index < -0.39 is 15.6 Å². The highest BCUT2D eigenvalue weighted by molar-refractivity contribution is 7.86. The van der Waals surface area contributed by atoms with Crippen LogP contribution in [0.15, 0.2) is 54.1 Å². The zero-order valence-electron chi connectivity index (χ0n) is 19.9. The molecule has 0 aliphatic heterocycles. The molecule has 0 amide bonds. The van der Waals surface area contributed by atoms with Gasteiger partial charge in [-0.25, -0.2) is 4.79 Å². The van der Waals surface area contributed by atoms with Gasteiger partial charge < -0.3 is 0 Å². The number of carbonyl (C=O) groups excluding carboxylic acids is 1. The van der Waals surface area contributed by atoms with E-state index in [0.29, 0.717) is 5.92 Å². The van der Waals surface area contributed by atoms with E-state index in [1.165, 1.54) is 71.2 Å². The van der Waals surface area contributed by atoms with E-state index in [-0.39, 0.29) is 5.92 Å². The molecule has 8 heteroatoms. The van der Waals surface area contributed by atoms with Gasteiger partial charge in [0, 0.05) is 11.5 Å². The maximum Gasteiger partial charge on any atom is 0.522 e. The lowest BCUT2D eigenvalue weighted by Gasteiger charge is -2.31. The van der Waals surface area contributed by atoms with Crippen molar-refractivity contribution in [1.29, 1.82) is 0 Å². The van der Waals surface area contributed by atoms with Crippen molar-refractivity contribution in [2.24, 2.45) is 0 Å². The molecule has 5 rings (SSSR count). The van der Waals surface area contributed by atoms with E-state index in [0.717, 1.165) is 24.8 Å². The zero-order valence-corrected chi connectivity index (χ0v) is 20.7. The fourth-order valence-corrected chi connectivity index (χ4v) is 5.67. The normalized spacial score (nSPS) is 19.6. The largest absolute Gasteiger partial charge is 0.522 e. The smallest absolute Gasteiger partial charge is 0.279 e. The minimum Gasteiger partial charge on any atom is -0.279 e. The summed E-state index contributed by atoms with van der Waals surface area (Å²) in [5.74, 6) is 3.26. The first kappa shape index (κ1) is 26.4. The van der Waals surface area contributed by atoms with Crippen LogP contribution in [0.1, 0.15) is 80.8 Å². The minimum atomic E-state index is -5.84. The molecule has 0 heterocycles. The van der Waals surface area contributed by atoms with Crippen molar-refractivity contribution in [3.8, 4) is 0 Å². The highest BCUT2D eigenvalue weighted by Gasteiger charge is 2.44. The lowest BCUT2D eigenvalue weighted by Crippen LogP contribution is -2.21. The maximum atomic E-state index is 11.8. The molecule has 1 unspecified atom stereocenters. The molecule has 0 saturated heterocycles. The molecule has 1 N–H and O–H groups in total. The van der Waals surface area contributed by atoms with Crippen LogP contribution in [0.25, 0.3) is 21.5 Å². The molecular formula is C28H29F3O4S. The topological polar surface area (TPSA) is 71.4 Å². The summed E-state index contributed by atoms with van der Waals surface area (Å²) in [6.45, 7) is 0. The molecule has 0 bridgehead atoms. The van der Waals surface area contributed by atoms with Crippen LogP contribution in [-0.2, 0) is 14.9 Å². The Hall–Kier alpha value is -2.67. The fourth-order valence-electron chi connectivity index (χ4n) is 5.67. The van der Waals surface area contributed by atoms with E-state index in [1.807, 2.05) is 0 Å². The second-order valence-corrected chi connectivity index (χ2v) is 11.1. The highest BCUT2D eigenvalue weighted by Crippen LogP contribution is 2.46. The first-order valence-electron chi connectivity index (χ1n) is 12.3. The number of rotatable bonds is 2. The maximum absolute atomic E-state index is 11.8. The van der Waals surface area contributed by atoms with Gasteiger partial charge in [-0.2, -0.15) is 21.6 Å². The number of hydrogen-bond donors (Lipinski definition) is 1. The van der Waals surface area contributed by atoms with Crippen LogP contribution in [0.4, 0.5) is 13.2 Å². The van der Waals surface area contributed by atoms with Crippen LogP contribution in [0.2, 0.25) is 0 Å². The predicted molar refractivity (Wildman–Crippen MR) is 135 cm³/mol. The summed E-state index contributed by atoms with van der Waals surface area (Å²) < 4.78 is 57.5. The van der Waals surface area contributed by atoms with Gasteiger partial charge in [0.15, 0.2) is 0 Å². The Labute approximate surface area is 208 Å². The highest BCUT2D eigenvalue weighted by atomic mass is 32.2. The Morgan fingerprint density at radius 3 is 2.06 bits per heavy atom. The van der Waals surface area contributed by atoms with Gasteiger partial charge in [0.2, 0.25) is 0 Å². The van der Waals surface area contributed by atoms with E-state index in [9.17, 15) is 18.0 Å². The SMILES string of the molecule is O=C=C1CCCCC1c1c(C2CCCCC2)ccc2cc3ccccc3cc12.O=S(=O)(O)C(F)(F)F. The van der Waals surface area contributed by atoms with Crippen molar-refractivity contribution in [3.05, 3.63) is 65.2 Å². The molecule has 36 heavy (non-hydrogen) atoms. The molecule has 0 radical (unpaired) electrons. The Morgan fingerprint density at radius 1 is 0.833 bits per heavy atom. The number of fused-ring (bicyclic) bond motifs is 2. The lowest BCUT2D eigenvalue weighted by molar-refractivity contribution is -0.0510. The van der Waals surface area contributed by atoms with Crippen molar-refractivity contribution in [3.63, 3.8) is 0 Å². The van der Waals surface area contributed by atoms with Crippen LogP contribution >= 0.6 is 0 Å². The first-order chi connectivity index (χ1) is 17.1. The average molecular weight is 519 g/mol.